The van der Waals surface area contributed by atoms with Crippen molar-refractivity contribution >= 4 is 23.1 Å². The fraction of sp³-hybridized carbons (Fsp3) is 0.632. The molecule has 43 heavy (non-hydrogen) atoms. The summed E-state index contributed by atoms with van der Waals surface area (Å²) in [4.78, 5) is 60.8. The number of carbonyl (C=O) groups excluding carboxylic acids is 4. The van der Waals surface area contributed by atoms with Crippen molar-refractivity contribution in [3.05, 3.63) is 59.2 Å². The van der Waals surface area contributed by atoms with Crippen LogP contribution >= 0.6 is 0 Å². The molecule has 1 N–H and O–H groups in total. The summed E-state index contributed by atoms with van der Waals surface area (Å²) in [5.41, 5.74) is -4.92. The molecule has 0 aromatic heterocycles. The standard InChI is InChI=1S/C38H50O5/c1-23(2)14-13-15-24(3)18-19-36-21-26-20-27-33(4,5)28(35(8,9)43)22-37(27,30(36)40)32(42)38(31(36)41,34(26,6)7)29(39)25-16-11-10-12-17-25/h10-12,14,16-18,26-28,43H,13,15,19-22H2,1-9H3/t26-,27-,28+,36-,37+,38-/m0/s1. The molecule has 0 unspecified atom stereocenters. The summed E-state index contributed by atoms with van der Waals surface area (Å²) in [5, 5.41) is 11.4. The molecule has 0 aliphatic heterocycles. The van der Waals surface area contributed by atoms with Crippen LogP contribution in [-0.4, -0.2) is 33.8 Å². The van der Waals surface area contributed by atoms with Crippen LogP contribution in [0, 0.1) is 44.8 Å². The molecule has 5 heteroatoms. The predicted molar refractivity (Wildman–Crippen MR) is 168 cm³/mol. The highest BCUT2D eigenvalue weighted by Gasteiger charge is 2.86. The van der Waals surface area contributed by atoms with Crippen LogP contribution in [0.2, 0.25) is 0 Å². The lowest BCUT2D eigenvalue weighted by atomic mass is 9.37. The van der Waals surface area contributed by atoms with Gasteiger partial charge in [0.2, 0.25) is 0 Å². The van der Waals surface area contributed by atoms with Crippen LogP contribution in [0.25, 0.3) is 0 Å². The number of Topliss-reactive ketones (excluding diaryl/α,β-unsaturated/α-hetero) is 4. The van der Waals surface area contributed by atoms with E-state index in [1.165, 1.54) is 5.57 Å². The van der Waals surface area contributed by atoms with Gasteiger partial charge in [-0.2, -0.15) is 0 Å². The van der Waals surface area contributed by atoms with Crippen LogP contribution in [0.1, 0.15) is 111 Å². The summed E-state index contributed by atoms with van der Waals surface area (Å²) in [6.07, 6.45) is 7.19. The van der Waals surface area contributed by atoms with Gasteiger partial charge in [-0.15, -0.1) is 0 Å². The summed E-state index contributed by atoms with van der Waals surface area (Å²) in [7, 11) is 0. The second-order valence-electron chi connectivity index (χ2n) is 16.2. The minimum atomic E-state index is -1.96. The molecule has 5 fully saturated rings. The van der Waals surface area contributed by atoms with E-state index in [4.69, 9.17) is 0 Å². The zero-order valence-electron chi connectivity index (χ0n) is 27.6. The van der Waals surface area contributed by atoms with Gasteiger partial charge < -0.3 is 5.11 Å². The fourth-order valence-corrected chi connectivity index (χ4v) is 10.2. The van der Waals surface area contributed by atoms with Gasteiger partial charge >= 0.3 is 0 Å². The Kier molecular flexibility index (Phi) is 7.33. The first-order valence-electron chi connectivity index (χ1n) is 16.1. The van der Waals surface area contributed by atoms with Crippen LogP contribution in [-0.2, 0) is 14.4 Å². The van der Waals surface area contributed by atoms with Crippen molar-refractivity contribution in [1.29, 1.82) is 0 Å². The molecule has 0 saturated heterocycles. The highest BCUT2D eigenvalue weighted by molar-refractivity contribution is 6.42. The van der Waals surface area contributed by atoms with E-state index in [2.05, 4.69) is 33.8 Å². The molecule has 1 spiro atoms. The topological polar surface area (TPSA) is 88.5 Å². The molecular formula is C38H50O5. The molecule has 232 valence electrons. The maximum atomic E-state index is 15.5. The number of carbonyl (C=O) groups is 4. The first-order valence-corrected chi connectivity index (χ1v) is 16.1. The van der Waals surface area contributed by atoms with Crippen LogP contribution < -0.4 is 0 Å². The van der Waals surface area contributed by atoms with E-state index in [1.54, 1.807) is 38.1 Å². The van der Waals surface area contributed by atoms with Crippen molar-refractivity contribution in [2.75, 3.05) is 0 Å². The van der Waals surface area contributed by atoms with Gasteiger partial charge in [-0.05, 0) is 102 Å². The molecular weight excluding hydrogens is 536 g/mol. The molecule has 5 nitrogen and oxygen atoms in total. The number of aliphatic hydroxyl groups is 1. The molecule has 0 amide bonds. The monoisotopic (exact) mass is 586 g/mol. The lowest BCUT2D eigenvalue weighted by molar-refractivity contribution is -0.181. The van der Waals surface area contributed by atoms with Crippen molar-refractivity contribution in [1.82, 2.24) is 0 Å². The molecule has 5 saturated carbocycles. The number of ketones is 4. The average molecular weight is 587 g/mol. The van der Waals surface area contributed by atoms with Crippen LogP contribution in [0.15, 0.2) is 53.6 Å². The van der Waals surface area contributed by atoms with Gasteiger partial charge in [0.1, 0.15) is 0 Å². The molecule has 0 radical (unpaired) electrons. The summed E-state index contributed by atoms with van der Waals surface area (Å²) in [5.74, 6) is -2.67. The zero-order valence-corrected chi connectivity index (χ0v) is 27.6. The Morgan fingerprint density at radius 1 is 0.930 bits per heavy atom. The Morgan fingerprint density at radius 2 is 1.56 bits per heavy atom. The van der Waals surface area contributed by atoms with E-state index >= 15 is 14.4 Å². The largest absolute Gasteiger partial charge is 0.390 e. The number of benzene rings is 1. The zero-order chi connectivity index (χ0) is 32.0. The molecule has 6 atom stereocenters. The summed E-state index contributed by atoms with van der Waals surface area (Å²) >= 11 is 0. The molecule has 4 bridgehead atoms. The lowest BCUT2D eigenvalue weighted by Gasteiger charge is -2.60. The first kappa shape index (κ1) is 31.8. The predicted octanol–water partition coefficient (Wildman–Crippen LogP) is 7.52. The van der Waals surface area contributed by atoms with Crippen LogP contribution in [0.3, 0.4) is 0 Å². The summed E-state index contributed by atoms with van der Waals surface area (Å²) in [6.45, 7) is 17.7. The molecule has 6 rings (SSSR count). The van der Waals surface area contributed by atoms with Gasteiger partial charge in [-0.1, -0.05) is 81.3 Å². The van der Waals surface area contributed by atoms with E-state index in [-0.39, 0.29) is 36.4 Å². The minimum Gasteiger partial charge on any atom is -0.390 e. The smallest absolute Gasteiger partial charge is 0.184 e. The van der Waals surface area contributed by atoms with Gasteiger partial charge in [-0.3, -0.25) is 19.2 Å². The maximum absolute atomic E-state index is 15.5. The number of allylic oxidation sites excluding steroid dienone is 4. The minimum absolute atomic E-state index is 0.163. The molecule has 0 heterocycles. The second-order valence-corrected chi connectivity index (χ2v) is 16.2. The quantitative estimate of drug-likeness (QED) is 0.193. The van der Waals surface area contributed by atoms with Gasteiger partial charge in [-0.25, -0.2) is 0 Å². The van der Waals surface area contributed by atoms with Crippen molar-refractivity contribution in [3.8, 4) is 0 Å². The maximum Gasteiger partial charge on any atom is 0.184 e. The van der Waals surface area contributed by atoms with E-state index in [1.807, 2.05) is 32.9 Å². The average Bonchev–Trinajstić information content (AvgIpc) is 3.07. The van der Waals surface area contributed by atoms with E-state index in [0.29, 0.717) is 18.4 Å². The SMILES string of the molecule is CC(C)=CCCC(C)=CC[C@]12C[C@@H]3C[C@H]4C(C)(C)[C@H](C(C)(C)O)C[C@@]4(C1=O)C(=O)[C@](C(=O)c1ccccc1)(C2=O)C3(C)C. The van der Waals surface area contributed by atoms with Crippen LogP contribution in [0.5, 0.6) is 0 Å². The number of hydrogen-bond donors (Lipinski definition) is 1. The van der Waals surface area contributed by atoms with Gasteiger partial charge in [0.15, 0.2) is 28.5 Å². The lowest BCUT2D eigenvalue weighted by Crippen LogP contribution is -2.75. The molecule has 5 aliphatic carbocycles. The van der Waals surface area contributed by atoms with Crippen molar-refractivity contribution in [3.63, 3.8) is 0 Å². The van der Waals surface area contributed by atoms with E-state index in [0.717, 1.165) is 18.4 Å². The third-order valence-corrected chi connectivity index (χ3v) is 12.5. The van der Waals surface area contributed by atoms with Crippen molar-refractivity contribution in [2.45, 2.75) is 106 Å². The Bertz CT molecular complexity index is 1430. The Morgan fingerprint density at radius 3 is 2.14 bits per heavy atom. The van der Waals surface area contributed by atoms with Gasteiger partial charge in [0, 0.05) is 5.56 Å². The first-order chi connectivity index (χ1) is 19.8. The molecule has 1 aromatic carbocycles. The van der Waals surface area contributed by atoms with Crippen molar-refractivity contribution < 1.29 is 24.3 Å². The third kappa shape index (κ3) is 4.05. The Balaban J connectivity index is 1.78. The summed E-state index contributed by atoms with van der Waals surface area (Å²) < 4.78 is 0. The van der Waals surface area contributed by atoms with Gasteiger partial charge in [0.25, 0.3) is 0 Å². The Labute approximate surface area is 257 Å². The van der Waals surface area contributed by atoms with E-state index in [9.17, 15) is 9.90 Å². The summed E-state index contributed by atoms with van der Waals surface area (Å²) in [6, 6.07) is 8.69. The van der Waals surface area contributed by atoms with Gasteiger partial charge in [0.05, 0.1) is 16.4 Å². The molecule has 5 aliphatic rings. The Hall–Kier alpha value is -2.66. The normalized spacial score (nSPS) is 36.0. The fourth-order valence-electron chi connectivity index (χ4n) is 10.2. The van der Waals surface area contributed by atoms with Crippen molar-refractivity contribution in [2.24, 2.45) is 44.8 Å². The highest BCUT2D eigenvalue weighted by Crippen LogP contribution is 2.77. The number of hydrogen-bond acceptors (Lipinski definition) is 5. The number of rotatable bonds is 8. The van der Waals surface area contributed by atoms with E-state index < -0.39 is 50.0 Å². The van der Waals surface area contributed by atoms with Crippen LogP contribution in [0.4, 0.5) is 0 Å². The molecule has 1 aromatic rings. The highest BCUT2D eigenvalue weighted by atomic mass is 16.3. The second kappa shape index (κ2) is 9.92. The third-order valence-electron chi connectivity index (χ3n) is 12.5.